The molecule has 0 saturated carbocycles. The predicted molar refractivity (Wildman–Crippen MR) is 77.8 cm³/mol. The molecule has 0 bridgehead atoms. The number of rotatable bonds is 5. The zero-order chi connectivity index (χ0) is 14.9. The van der Waals surface area contributed by atoms with E-state index in [1.807, 2.05) is 6.92 Å². The number of nitrogens with zero attached hydrogens (tertiary/aromatic N) is 4. The standard InChI is InChI=1S/C10H14N6O2S2/c1-3-16-5-8(12-6-16)20(17,18)14-10-7(9(11)19)4-13-15(10)2/h4-6,14H,3H2,1-2H3,(H2,11,19). The number of nitrogens with two attached hydrogens (primary N) is 1. The fraction of sp³-hybridized carbons (Fsp3) is 0.300. The molecule has 0 aromatic carbocycles. The number of sulfonamides is 1. The highest BCUT2D eigenvalue weighted by Gasteiger charge is 2.22. The van der Waals surface area contributed by atoms with Gasteiger partial charge in [-0.2, -0.15) is 13.5 Å². The summed E-state index contributed by atoms with van der Waals surface area (Å²) in [5.74, 6) is 0.212. The molecule has 0 unspecified atom stereocenters. The molecule has 0 aliphatic heterocycles. The highest BCUT2D eigenvalue weighted by Crippen LogP contribution is 2.18. The SMILES string of the molecule is CCn1cnc(S(=O)(=O)Nc2c(C(N)=S)cnn2C)c1. The topological polar surface area (TPSA) is 108 Å². The molecule has 0 saturated heterocycles. The van der Waals surface area contributed by atoms with Gasteiger partial charge in [0.05, 0.1) is 18.1 Å². The monoisotopic (exact) mass is 314 g/mol. The number of thiocarbonyl (C=S) groups is 1. The van der Waals surface area contributed by atoms with Crippen LogP contribution in [0.15, 0.2) is 23.7 Å². The van der Waals surface area contributed by atoms with Gasteiger partial charge in [-0.3, -0.25) is 9.40 Å². The van der Waals surface area contributed by atoms with Crippen LogP contribution in [0, 0.1) is 0 Å². The maximum atomic E-state index is 12.2. The summed E-state index contributed by atoms with van der Waals surface area (Å²) in [4.78, 5) is 3.93. The van der Waals surface area contributed by atoms with Gasteiger partial charge in [0.25, 0.3) is 10.0 Å². The fourth-order valence-corrected chi connectivity index (χ4v) is 2.78. The van der Waals surface area contributed by atoms with Crippen LogP contribution in [0.4, 0.5) is 5.82 Å². The van der Waals surface area contributed by atoms with Crippen molar-refractivity contribution in [3.63, 3.8) is 0 Å². The summed E-state index contributed by atoms with van der Waals surface area (Å²) in [7, 11) is -2.22. The summed E-state index contributed by atoms with van der Waals surface area (Å²) < 4.78 is 29.9. The first-order valence-electron chi connectivity index (χ1n) is 5.71. The molecule has 8 nitrogen and oxygen atoms in total. The van der Waals surface area contributed by atoms with Crippen LogP contribution >= 0.6 is 12.2 Å². The average molecular weight is 314 g/mol. The number of aryl methyl sites for hydroxylation is 2. The number of hydrogen-bond acceptors (Lipinski definition) is 5. The van der Waals surface area contributed by atoms with Crippen molar-refractivity contribution >= 4 is 33.0 Å². The molecule has 10 heteroatoms. The smallest absolute Gasteiger partial charge is 0.282 e. The summed E-state index contributed by atoms with van der Waals surface area (Å²) in [5.41, 5.74) is 5.90. The minimum atomic E-state index is -3.81. The van der Waals surface area contributed by atoms with Crippen molar-refractivity contribution in [2.75, 3.05) is 4.72 Å². The maximum absolute atomic E-state index is 12.2. The molecule has 0 amide bonds. The third-order valence-electron chi connectivity index (χ3n) is 2.69. The van der Waals surface area contributed by atoms with Crippen LogP contribution in [0.3, 0.4) is 0 Å². The van der Waals surface area contributed by atoms with Crippen LogP contribution in [0.2, 0.25) is 0 Å². The van der Waals surface area contributed by atoms with Crippen molar-refractivity contribution in [3.8, 4) is 0 Å². The molecule has 2 aromatic rings. The Morgan fingerprint density at radius 1 is 1.55 bits per heavy atom. The lowest BCUT2D eigenvalue weighted by Gasteiger charge is -2.08. The normalized spacial score (nSPS) is 11.5. The highest BCUT2D eigenvalue weighted by atomic mass is 32.2. The zero-order valence-electron chi connectivity index (χ0n) is 10.9. The first-order valence-corrected chi connectivity index (χ1v) is 7.60. The van der Waals surface area contributed by atoms with E-state index < -0.39 is 10.0 Å². The summed E-state index contributed by atoms with van der Waals surface area (Å²) in [6.07, 6.45) is 4.30. The Labute approximate surface area is 121 Å². The van der Waals surface area contributed by atoms with E-state index >= 15 is 0 Å². The van der Waals surface area contributed by atoms with Gasteiger partial charge in [0.15, 0.2) is 5.03 Å². The van der Waals surface area contributed by atoms with Gasteiger partial charge >= 0.3 is 0 Å². The molecule has 2 rings (SSSR count). The number of aromatic nitrogens is 4. The third-order valence-corrected chi connectivity index (χ3v) is 4.13. The van der Waals surface area contributed by atoms with Crippen LogP contribution in [-0.2, 0) is 23.6 Å². The van der Waals surface area contributed by atoms with Gasteiger partial charge in [0, 0.05) is 19.8 Å². The van der Waals surface area contributed by atoms with E-state index in [1.165, 1.54) is 23.4 Å². The molecule has 20 heavy (non-hydrogen) atoms. The molecular weight excluding hydrogens is 300 g/mol. The Bertz CT molecular complexity index is 746. The largest absolute Gasteiger partial charge is 0.389 e. The molecular formula is C10H14N6O2S2. The number of hydrogen-bond donors (Lipinski definition) is 2. The van der Waals surface area contributed by atoms with Crippen molar-refractivity contribution in [1.29, 1.82) is 0 Å². The van der Waals surface area contributed by atoms with E-state index in [9.17, 15) is 8.42 Å². The van der Waals surface area contributed by atoms with E-state index in [0.717, 1.165) is 0 Å². The van der Waals surface area contributed by atoms with Gasteiger partial charge < -0.3 is 10.3 Å². The molecule has 0 spiro atoms. The van der Waals surface area contributed by atoms with Crippen molar-refractivity contribution in [2.45, 2.75) is 18.5 Å². The lowest BCUT2D eigenvalue weighted by atomic mass is 10.3. The van der Waals surface area contributed by atoms with Crippen molar-refractivity contribution in [3.05, 3.63) is 24.3 Å². The Hall–Kier alpha value is -1.94. The molecule has 0 aliphatic carbocycles. The molecule has 108 valence electrons. The first-order chi connectivity index (χ1) is 9.35. The van der Waals surface area contributed by atoms with Crippen LogP contribution in [-0.4, -0.2) is 32.7 Å². The fourth-order valence-electron chi connectivity index (χ4n) is 1.57. The van der Waals surface area contributed by atoms with E-state index in [4.69, 9.17) is 18.0 Å². The summed E-state index contributed by atoms with van der Waals surface area (Å²) in [6.45, 7) is 2.52. The van der Waals surface area contributed by atoms with Gasteiger partial charge in [-0.1, -0.05) is 12.2 Å². The van der Waals surface area contributed by atoms with Gasteiger partial charge in [0.1, 0.15) is 10.8 Å². The first kappa shape index (κ1) is 14.5. The van der Waals surface area contributed by atoms with Crippen molar-refractivity contribution < 1.29 is 8.42 Å². The van der Waals surface area contributed by atoms with Crippen molar-refractivity contribution in [2.24, 2.45) is 12.8 Å². The van der Waals surface area contributed by atoms with Gasteiger partial charge in [-0.05, 0) is 6.92 Å². The zero-order valence-corrected chi connectivity index (χ0v) is 12.6. The number of nitrogens with one attached hydrogen (secondary N) is 1. The Kier molecular flexibility index (Phi) is 3.77. The maximum Gasteiger partial charge on any atom is 0.282 e. The number of anilines is 1. The lowest BCUT2D eigenvalue weighted by molar-refractivity contribution is 0.597. The second kappa shape index (κ2) is 5.21. The van der Waals surface area contributed by atoms with E-state index in [-0.39, 0.29) is 15.8 Å². The molecule has 2 heterocycles. The van der Waals surface area contributed by atoms with Crippen LogP contribution in [0.25, 0.3) is 0 Å². The quantitative estimate of drug-likeness (QED) is 0.756. The summed E-state index contributed by atoms with van der Waals surface area (Å²) in [6, 6.07) is 0. The molecule has 2 aromatic heterocycles. The Morgan fingerprint density at radius 3 is 2.80 bits per heavy atom. The van der Waals surface area contributed by atoms with Crippen molar-refractivity contribution in [1.82, 2.24) is 19.3 Å². The van der Waals surface area contributed by atoms with Gasteiger partial charge in [-0.25, -0.2) is 4.98 Å². The predicted octanol–water partition coefficient (Wildman–Crippen LogP) is 0.0715. The highest BCUT2D eigenvalue weighted by molar-refractivity contribution is 7.92. The third kappa shape index (κ3) is 2.65. The molecule has 3 N–H and O–H groups in total. The minimum Gasteiger partial charge on any atom is -0.389 e. The van der Waals surface area contributed by atoms with E-state index in [1.54, 1.807) is 11.6 Å². The Balaban J connectivity index is 2.38. The van der Waals surface area contributed by atoms with Gasteiger partial charge in [0.2, 0.25) is 0 Å². The second-order valence-electron chi connectivity index (χ2n) is 4.04. The second-order valence-corrected chi connectivity index (χ2v) is 6.11. The van der Waals surface area contributed by atoms with Crippen LogP contribution in [0.1, 0.15) is 12.5 Å². The van der Waals surface area contributed by atoms with E-state index in [2.05, 4.69) is 14.8 Å². The summed E-state index contributed by atoms with van der Waals surface area (Å²) in [5, 5.41) is 3.86. The van der Waals surface area contributed by atoms with Crippen LogP contribution in [0.5, 0.6) is 0 Å². The lowest BCUT2D eigenvalue weighted by Crippen LogP contribution is -2.19. The van der Waals surface area contributed by atoms with Gasteiger partial charge in [-0.15, -0.1) is 0 Å². The molecule has 0 aliphatic rings. The van der Waals surface area contributed by atoms with E-state index in [0.29, 0.717) is 12.1 Å². The minimum absolute atomic E-state index is 0.0647. The van der Waals surface area contributed by atoms with Crippen LogP contribution < -0.4 is 10.5 Å². The molecule has 0 atom stereocenters. The number of imidazole rings is 1. The summed E-state index contributed by atoms with van der Waals surface area (Å²) >= 11 is 4.86. The Morgan fingerprint density at radius 2 is 2.25 bits per heavy atom. The molecule has 0 radical (unpaired) electrons. The average Bonchev–Trinajstić information content (AvgIpc) is 2.97. The molecule has 0 fully saturated rings.